The standard InChI is InChI=1S/C9H20N2O3/c1-9(14)10-3-2-4-11(5-7-12)6-8-13/h12-13H,2-8H2,1H3,(H,10,14). The lowest BCUT2D eigenvalue weighted by Crippen LogP contribution is -2.33. The van der Waals surface area contributed by atoms with Crippen LogP contribution in [0.1, 0.15) is 13.3 Å². The molecular weight excluding hydrogens is 184 g/mol. The molecule has 0 spiro atoms. The summed E-state index contributed by atoms with van der Waals surface area (Å²) in [5.74, 6) is -0.0270. The SMILES string of the molecule is CC(=O)NCCCN(CCO)CCO. The van der Waals surface area contributed by atoms with Crippen molar-refractivity contribution in [3.8, 4) is 0 Å². The normalized spacial score (nSPS) is 10.6. The number of hydrogen-bond donors (Lipinski definition) is 3. The number of rotatable bonds is 8. The fourth-order valence-electron chi connectivity index (χ4n) is 1.19. The highest BCUT2D eigenvalue weighted by Gasteiger charge is 2.02. The van der Waals surface area contributed by atoms with E-state index in [4.69, 9.17) is 10.2 Å². The lowest BCUT2D eigenvalue weighted by molar-refractivity contribution is -0.118. The average molecular weight is 204 g/mol. The summed E-state index contributed by atoms with van der Waals surface area (Å²) >= 11 is 0. The minimum atomic E-state index is -0.0270. The third-order valence-electron chi connectivity index (χ3n) is 1.86. The van der Waals surface area contributed by atoms with Gasteiger partial charge in [0.25, 0.3) is 0 Å². The Kier molecular flexibility index (Phi) is 8.51. The molecule has 0 aliphatic rings. The van der Waals surface area contributed by atoms with Crippen LogP contribution in [0.25, 0.3) is 0 Å². The van der Waals surface area contributed by atoms with Gasteiger partial charge in [0.2, 0.25) is 5.91 Å². The van der Waals surface area contributed by atoms with Gasteiger partial charge in [-0.1, -0.05) is 0 Å². The molecule has 0 bridgehead atoms. The van der Waals surface area contributed by atoms with Crippen molar-refractivity contribution in [2.45, 2.75) is 13.3 Å². The Morgan fingerprint density at radius 2 is 1.79 bits per heavy atom. The topological polar surface area (TPSA) is 72.8 Å². The molecule has 1 amide bonds. The highest BCUT2D eigenvalue weighted by atomic mass is 16.3. The van der Waals surface area contributed by atoms with E-state index in [0.717, 1.165) is 13.0 Å². The summed E-state index contributed by atoms with van der Waals surface area (Å²) in [5, 5.41) is 20.1. The summed E-state index contributed by atoms with van der Waals surface area (Å²) in [6.07, 6.45) is 0.833. The first-order valence-electron chi connectivity index (χ1n) is 4.89. The second-order valence-electron chi connectivity index (χ2n) is 3.13. The number of aliphatic hydroxyl groups is 2. The molecule has 0 saturated carbocycles. The molecule has 3 N–H and O–H groups in total. The second kappa shape index (κ2) is 8.93. The fourth-order valence-corrected chi connectivity index (χ4v) is 1.19. The summed E-state index contributed by atoms with van der Waals surface area (Å²) in [5.41, 5.74) is 0. The highest BCUT2D eigenvalue weighted by Crippen LogP contribution is 1.89. The molecule has 0 aliphatic carbocycles. The summed E-state index contributed by atoms with van der Waals surface area (Å²) in [6, 6.07) is 0. The first kappa shape index (κ1) is 13.4. The second-order valence-corrected chi connectivity index (χ2v) is 3.13. The zero-order valence-electron chi connectivity index (χ0n) is 8.70. The molecular formula is C9H20N2O3. The molecule has 0 atom stereocenters. The van der Waals surface area contributed by atoms with Crippen molar-refractivity contribution in [3.63, 3.8) is 0 Å². The molecule has 0 aromatic heterocycles. The molecule has 0 aromatic carbocycles. The maximum atomic E-state index is 10.5. The summed E-state index contributed by atoms with van der Waals surface area (Å²) in [4.78, 5) is 12.5. The van der Waals surface area contributed by atoms with Gasteiger partial charge < -0.3 is 15.5 Å². The van der Waals surface area contributed by atoms with Crippen molar-refractivity contribution in [3.05, 3.63) is 0 Å². The van der Waals surface area contributed by atoms with Crippen LogP contribution in [0.15, 0.2) is 0 Å². The maximum absolute atomic E-state index is 10.5. The van der Waals surface area contributed by atoms with Crippen molar-refractivity contribution in [1.29, 1.82) is 0 Å². The van der Waals surface area contributed by atoms with Gasteiger partial charge in [0.15, 0.2) is 0 Å². The van der Waals surface area contributed by atoms with E-state index in [1.165, 1.54) is 6.92 Å². The quantitative estimate of drug-likeness (QED) is 0.434. The van der Waals surface area contributed by atoms with Gasteiger partial charge in [-0.05, 0) is 13.0 Å². The number of carbonyl (C=O) groups is 1. The molecule has 0 fully saturated rings. The molecule has 5 heteroatoms. The molecule has 14 heavy (non-hydrogen) atoms. The maximum Gasteiger partial charge on any atom is 0.216 e. The molecule has 5 nitrogen and oxygen atoms in total. The van der Waals surface area contributed by atoms with Gasteiger partial charge in [-0.25, -0.2) is 0 Å². The Morgan fingerprint density at radius 3 is 2.21 bits per heavy atom. The van der Waals surface area contributed by atoms with E-state index in [1.807, 2.05) is 4.90 Å². The van der Waals surface area contributed by atoms with Crippen molar-refractivity contribution in [2.75, 3.05) is 39.4 Å². The van der Waals surface area contributed by atoms with Crippen LogP contribution < -0.4 is 5.32 Å². The monoisotopic (exact) mass is 204 g/mol. The van der Waals surface area contributed by atoms with Crippen LogP contribution in [0.2, 0.25) is 0 Å². The summed E-state index contributed by atoms with van der Waals surface area (Å²) in [6.45, 7) is 4.24. The molecule has 0 aliphatic heterocycles. The number of nitrogens with zero attached hydrogens (tertiary/aromatic N) is 1. The molecule has 0 unspecified atom stereocenters. The molecule has 0 saturated heterocycles. The van der Waals surface area contributed by atoms with Crippen molar-refractivity contribution in [2.24, 2.45) is 0 Å². The van der Waals surface area contributed by atoms with Crippen molar-refractivity contribution >= 4 is 5.91 Å². The smallest absolute Gasteiger partial charge is 0.216 e. The molecule has 0 radical (unpaired) electrons. The van der Waals surface area contributed by atoms with Gasteiger partial charge >= 0.3 is 0 Å². The number of hydrogen-bond acceptors (Lipinski definition) is 4. The van der Waals surface area contributed by atoms with Crippen LogP contribution in [-0.2, 0) is 4.79 Å². The Morgan fingerprint density at radius 1 is 1.21 bits per heavy atom. The van der Waals surface area contributed by atoms with E-state index >= 15 is 0 Å². The van der Waals surface area contributed by atoms with Gasteiger partial charge in [0, 0.05) is 26.6 Å². The zero-order chi connectivity index (χ0) is 10.8. The summed E-state index contributed by atoms with van der Waals surface area (Å²) in [7, 11) is 0. The third kappa shape index (κ3) is 7.97. The lowest BCUT2D eigenvalue weighted by atomic mass is 10.3. The number of carbonyl (C=O) groups excluding carboxylic acids is 1. The van der Waals surface area contributed by atoms with E-state index in [0.29, 0.717) is 19.6 Å². The van der Waals surface area contributed by atoms with E-state index in [-0.39, 0.29) is 19.1 Å². The number of nitrogens with one attached hydrogen (secondary N) is 1. The largest absolute Gasteiger partial charge is 0.395 e. The molecule has 84 valence electrons. The van der Waals surface area contributed by atoms with Gasteiger partial charge in [-0.15, -0.1) is 0 Å². The molecule has 0 rings (SSSR count). The Hall–Kier alpha value is -0.650. The van der Waals surface area contributed by atoms with E-state index in [1.54, 1.807) is 0 Å². The minimum Gasteiger partial charge on any atom is -0.395 e. The van der Waals surface area contributed by atoms with Crippen molar-refractivity contribution < 1.29 is 15.0 Å². The molecule has 0 heterocycles. The van der Waals surface area contributed by atoms with Crippen LogP contribution in [0.4, 0.5) is 0 Å². The third-order valence-corrected chi connectivity index (χ3v) is 1.86. The van der Waals surface area contributed by atoms with Gasteiger partial charge in [0.1, 0.15) is 0 Å². The Balaban J connectivity index is 3.44. The van der Waals surface area contributed by atoms with E-state index in [9.17, 15) is 4.79 Å². The minimum absolute atomic E-state index is 0.0270. The van der Waals surface area contributed by atoms with Gasteiger partial charge in [-0.2, -0.15) is 0 Å². The zero-order valence-corrected chi connectivity index (χ0v) is 8.70. The number of amides is 1. The molecule has 0 aromatic rings. The predicted molar refractivity (Wildman–Crippen MR) is 53.9 cm³/mol. The van der Waals surface area contributed by atoms with Gasteiger partial charge in [-0.3, -0.25) is 9.69 Å². The summed E-state index contributed by atoms with van der Waals surface area (Å²) < 4.78 is 0. The highest BCUT2D eigenvalue weighted by molar-refractivity contribution is 5.72. The fraction of sp³-hybridized carbons (Fsp3) is 0.889. The van der Waals surface area contributed by atoms with E-state index < -0.39 is 0 Å². The van der Waals surface area contributed by atoms with Crippen molar-refractivity contribution in [1.82, 2.24) is 10.2 Å². The van der Waals surface area contributed by atoms with Crippen LogP contribution in [0.3, 0.4) is 0 Å². The predicted octanol–water partition coefficient (Wildman–Crippen LogP) is -1.20. The van der Waals surface area contributed by atoms with Crippen LogP contribution in [0.5, 0.6) is 0 Å². The van der Waals surface area contributed by atoms with E-state index in [2.05, 4.69) is 5.32 Å². The first-order valence-corrected chi connectivity index (χ1v) is 4.89. The average Bonchev–Trinajstić information content (AvgIpc) is 2.12. The van der Waals surface area contributed by atoms with Gasteiger partial charge in [0.05, 0.1) is 13.2 Å². The Bertz CT molecular complexity index is 147. The van der Waals surface area contributed by atoms with Crippen LogP contribution in [-0.4, -0.2) is 60.4 Å². The Labute approximate surface area is 84.7 Å². The number of aliphatic hydroxyl groups excluding tert-OH is 2. The van der Waals surface area contributed by atoms with Crippen LogP contribution >= 0.6 is 0 Å². The first-order chi connectivity index (χ1) is 6.70. The van der Waals surface area contributed by atoms with Crippen LogP contribution in [0, 0.1) is 0 Å². The lowest BCUT2D eigenvalue weighted by Gasteiger charge is -2.19.